The molecule has 125 heavy (non-hydrogen) atoms. The minimum Gasteiger partial charge on any atom is -0.456 e. The van der Waals surface area contributed by atoms with E-state index in [0.29, 0.717) is 0 Å². The van der Waals surface area contributed by atoms with E-state index in [9.17, 15) is 0 Å². The van der Waals surface area contributed by atoms with Crippen LogP contribution >= 0.6 is 11.3 Å². The predicted octanol–water partition coefficient (Wildman–Crippen LogP) is 32.7. The van der Waals surface area contributed by atoms with Crippen LogP contribution in [0.5, 0.6) is 0 Å². The molecule has 0 unspecified atom stereocenters. The average molecular weight is 1620 g/mol. The Balaban J connectivity index is 0.000000138. The van der Waals surface area contributed by atoms with Crippen LogP contribution in [0.4, 0.5) is 34.1 Å². The standard InChI is InChI=1S/C64H43NO2.C55H35NOS/c1-63(2)55-20-10-6-16-47(55)50-33-30-45(38-58(50)63)65(46-31-34-52-51-19-9-13-23-59(51)66-62(52)39-46)44-28-24-40(25-29-44)41-26-35-60-54(36-41)53-32-27-43(37-61(53)67-60)64(42-14-4-3-5-15-42)56-21-11-7-17-48(56)49-18-8-12-22-57(49)64;1-3-14-37(15-4-1)55(49-23-10-7-18-43(49)44-19-8-11-24-50(44)55)38-28-33-53-48(34-38)47-22-13-21-42(54(47)58-53)36-26-29-40(30-27-36)56(39-16-5-2-6-17-39)41-31-32-46-45-20-9-12-25-51(45)57-52(46)35-41/h3-39H,1-2H3;1-35H. The summed E-state index contributed by atoms with van der Waals surface area (Å²) in [6.07, 6.45) is 0. The zero-order chi connectivity index (χ0) is 82.6. The largest absolute Gasteiger partial charge is 0.456 e. The van der Waals surface area contributed by atoms with Crippen molar-refractivity contribution in [2.75, 3.05) is 9.80 Å². The van der Waals surface area contributed by atoms with Crippen LogP contribution < -0.4 is 9.80 Å². The van der Waals surface area contributed by atoms with Gasteiger partial charge in [-0.1, -0.05) is 323 Å². The van der Waals surface area contributed by atoms with Crippen molar-refractivity contribution in [3.8, 4) is 55.6 Å². The first-order chi connectivity index (χ1) is 61.7. The van der Waals surface area contributed by atoms with Gasteiger partial charge in [0.05, 0.1) is 10.8 Å². The van der Waals surface area contributed by atoms with Gasteiger partial charge in [0.1, 0.15) is 33.5 Å². The summed E-state index contributed by atoms with van der Waals surface area (Å²) >= 11 is 1.89. The minimum absolute atomic E-state index is 0.131. The molecule has 0 amide bonds. The van der Waals surface area contributed by atoms with E-state index in [1.165, 1.54) is 120 Å². The van der Waals surface area contributed by atoms with Gasteiger partial charge in [-0.05, 0) is 227 Å². The molecule has 0 N–H and O–H groups in total. The fraction of sp³-hybridized carbons (Fsp3) is 0.0420. The summed E-state index contributed by atoms with van der Waals surface area (Å²) in [7, 11) is 0. The highest BCUT2D eigenvalue weighted by Crippen LogP contribution is 2.60. The Morgan fingerprint density at radius 3 is 1.13 bits per heavy atom. The molecule has 4 aromatic heterocycles. The molecule has 26 rings (SSSR count). The molecule has 588 valence electrons. The second kappa shape index (κ2) is 28.2. The number of thiophene rings is 1. The van der Waals surface area contributed by atoms with Crippen LogP contribution in [0.1, 0.15) is 69.5 Å². The summed E-state index contributed by atoms with van der Waals surface area (Å²) in [5.74, 6) is 0. The van der Waals surface area contributed by atoms with Crippen molar-refractivity contribution in [2.45, 2.75) is 30.1 Å². The van der Waals surface area contributed by atoms with Crippen LogP contribution in [-0.2, 0) is 16.2 Å². The molecule has 5 nitrogen and oxygen atoms in total. The molecule has 0 radical (unpaired) electrons. The normalized spacial score (nSPS) is 13.6. The van der Waals surface area contributed by atoms with Crippen LogP contribution in [-0.4, -0.2) is 0 Å². The van der Waals surface area contributed by atoms with Gasteiger partial charge >= 0.3 is 0 Å². The maximum absolute atomic E-state index is 6.75. The van der Waals surface area contributed by atoms with Gasteiger partial charge in [0, 0.05) is 104 Å². The van der Waals surface area contributed by atoms with Crippen molar-refractivity contribution in [2.24, 2.45) is 0 Å². The summed E-state index contributed by atoms with van der Waals surface area (Å²) in [6, 6.07) is 159. The second-order valence-corrected chi connectivity index (χ2v) is 35.0. The molecule has 0 saturated heterocycles. The highest BCUT2D eigenvalue weighted by molar-refractivity contribution is 7.26. The van der Waals surface area contributed by atoms with E-state index >= 15 is 0 Å². The van der Waals surface area contributed by atoms with E-state index < -0.39 is 10.8 Å². The maximum Gasteiger partial charge on any atom is 0.137 e. The second-order valence-electron chi connectivity index (χ2n) is 34.0. The number of para-hydroxylation sites is 3. The lowest BCUT2D eigenvalue weighted by Crippen LogP contribution is -2.28. The van der Waals surface area contributed by atoms with Gasteiger partial charge in [-0.3, -0.25) is 0 Å². The molecule has 6 heteroatoms. The van der Waals surface area contributed by atoms with E-state index in [0.717, 1.165) is 111 Å². The monoisotopic (exact) mass is 1610 g/mol. The predicted molar refractivity (Wildman–Crippen MR) is 520 cm³/mol. The Labute approximate surface area is 727 Å². The van der Waals surface area contributed by atoms with Crippen LogP contribution in [0.25, 0.3) is 142 Å². The molecule has 0 fully saturated rings. The van der Waals surface area contributed by atoms with E-state index in [-0.39, 0.29) is 5.41 Å². The number of benzene rings is 19. The van der Waals surface area contributed by atoms with Crippen molar-refractivity contribution >= 4 is 131 Å². The lowest BCUT2D eigenvalue weighted by molar-refractivity contribution is 0.660. The minimum atomic E-state index is -0.485. The van der Waals surface area contributed by atoms with Crippen LogP contribution in [0.15, 0.2) is 450 Å². The van der Waals surface area contributed by atoms with Crippen molar-refractivity contribution in [3.63, 3.8) is 0 Å². The Kier molecular flexibility index (Phi) is 16.3. The Hall–Kier alpha value is -15.6. The van der Waals surface area contributed by atoms with E-state index in [4.69, 9.17) is 13.3 Å². The summed E-state index contributed by atoms with van der Waals surface area (Å²) in [6.45, 7) is 4.68. The van der Waals surface area contributed by atoms with Gasteiger partial charge in [0.2, 0.25) is 0 Å². The third-order valence-corrected chi connectivity index (χ3v) is 28.3. The molecule has 3 aliphatic carbocycles. The average Bonchev–Trinajstić information content (AvgIpc) is 1.54. The molecular formula is C119H78N2O3S. The van der Waals surface area contributed by atoms with Gasteiger partial charge in [0.15, 0.2) is 0 Å². The van der Waals surface area contributed by atoms with Gasteiger partial charge in [0.25, 0.3) is 0 Å². The SMILES string of the molecule is CC1(C)c2ccccc2-c2ccc(N(c3ccc(-c4ccc5oc6cc(C7(c8ccccc8)c8ccccc8-c8ccccc87)ccc6c5c4)cc3)c3ccc4c(c3)oc3ccccc34)cc21.c1ccc(N(c2ccc(-c3cccc4c3sc3ccc(C5(c6ccccc6)c6ccccc6-c6ccccc65)cc34)cc2)c2ccc3c(c2)oc2ccccc23)cc1. The number of hydrogen-bond acceptors (Lipinski definition) is 6. The van der Waals surface area contributed by atoms with E-state index in [1.54, 1.807) is 0 Å². The molecule has 4 heterocycles. The lowest BCUT2D eigenvalue weighted by Gasteiger charge is -2.34. The summed E-state index contributed by atoms with van der Waals surface area (Å²) in [5.41, 5.74) is 36.2. The van der Waals surface area contributed by atoms with Crippen molar-refractivity contribution in [3.05, 3.63) is 492 Å². The quantitative estimate of drug-likeness (QED) is 0.122. The highest BCUT2D eigenvalue weighted by Gasteiger charge is 2.48. The maximum atomic E-state index is 6.75. The number of nitrogens with zero attached hydrogens (tertiary/aromatic N) is 2. The molecular weight excluding hydrogens is 1540 g/mol. The lowest BCUT2D eigenvalue weighted by atomic mass is 9.67. The number of rotatable bonds is 12. The molecule has 3 aliphatic rings. The third-order valence-electron chi connectivity index (χ3n) is 27.1. The highest BCUT2D eigenvalue weighted by atomic mass is 32.1. The molecule has 0 aliphatic heterocycles. The smallest absolute Gasteiger partial charge is 0.137 e. The summed E-state index contributed by atoms with van der Waals surface area (Å²) < 4.78 is 22.1. The molecule has 0 spiro atoms. The van der Waals surface area contributed by atoms with Crippen LogP contribution in [0.2, 0.25) is 0 Å². The first-order valence-electron chi connectivity index (χ1n) is 43.1. The van der Waals surface area contributed by atoms with E-state index in [1.807, 2.05) is 35.6 Å². The molecule has 0 atom stereocenters. The number of furan rings is 3. The number of anilines is 6. The Morgan fingerprint density at radius 2 is 0.568 bits per heavy atom. The number of hydrogen-bond donors (Lipinski definition) is 0. The van der Waals surface area contributed by atoms with E-state index in [2.05, 4.69) is 436 Å². The fourth-order valence-electron chi connectivity index (χ4n) is 21.5. The van der Waals surface area contributed by atoms with Gasteiger partial charge in [-0.15, -0.1) is 11.3 Å². The molecule has 19 aromatic carbocycles. The Bertz CT molecular complexity index is 8180. The zero-order valence-electron chi connectivity index (χ0n) is 68.6. The van der Waals surface area contributed by atoms with Crippen LogP contribution in [0, 0.1) is 0 Å². The molecule has 0 saturated carbocycles. The summed E-state index contributed by atoms with van der Waals surface area (Å²) in [4.78, 5) is 4.67. The van der Waals surface area contributed by atoms with Crippen LogP contribution in [0.3, 0.4) is 0 Å². The first-order valence-corrected chi connectivity index (χ1v) is 43.9. The first kappa shape index (κ1) is 72.2. The van der Waals surface area contributed by atoms with Gasteiger partial charge < -0.3 is 23.1 Å². The zero-order valence-corrected chi connectivity index (χ0v) is 69.4. The van der Waals surface area contributed by atoms with Crippen molar-refractivity contribution < 1.29 is 13.3 Å². The third kappa shape index (κ3) is 11.0. The Morgan fingerprint density at radius 1 is 0.200 bits per heavy atom. The topological polar surface area (TPSA) is 45.9 Å². The molecule has 0 bridgehead atoms. The van der Waals surface area contributed by atoms with Crippen molar-refractivity contribution in [1.82, 2.24) is 0 Å². The fourth-order valence-corrected chi connectivity index (χ4v) is 22.7. The summed E-state index contributed by atoms with van der Waals surface area (Å²) in [5, 5.41) is 9.29. The van der Waals surface area contributed by atoms with Gasteiger partial charge in [-0.25, -0.2) is 0 Å². The number of fused-ring (bicyclic) bond motifs is 21. The molecule has 23 aromatic rings. The van der Waals surface area contributed by atoms with Crippen molar-refractivity contribution in [1.29, 1.82) is 0 Å². The van der Waals surface area contributed by atoms with Gasteiger partial charge in [-0.2, -0.15) is 0 Å².